The molecule has 6 heteroatoms. The molecule has 0 bridgehead atoms. The number of hydrogen-bond donors (Lipinski definition) is 1. The highest BCUT2D eigenvalue weighted by atomic mass is 16.5. The summed E-state index contributed by atoms with van der Waals surface area (Å²) in [6.07, 6.45) is -0.452. The van der Waals surface area contributed by atoms with E-state index in [1.165, 1.54) is 0 Å². The van der Waals surface area contributed by atoms with Gasteiger partial charge in [0.15, 0.2) is 11.5 Å². The van der Waals surface area contributed by atoms with Crippen molar-refractivity contribution in [3.63, 3.8) is 0 Å². The van der Waals surface area contributed by atoms with Crippen molar-refractivity contribution in [2.75, 3.05) is 34.9 Å². The minimum atomic E-state index is -0.815. The Hall–Kier alpha value is -2.73. The van der Waals surface area contributed by atoms with Crippen molar-refractivity contribution in [1.82, 2.24) is 4.90 Å². The molecule has 28 heavy (non-hydrogen) atoms. The van der Waals surface area contributed by atoms with Gasteiger partial charge in [-0.2, -0.15) is 0 Å². The molecule has 1 N–H and O–H groups in total. The number of hydrogen-bond acceptors (Lipinski definition) is 5. The third-order valence-electron chi connectivity index (χ3n) is 4.83. The van der Waals surface area contributed by atoms with Gasteiger partial charge in [0, 0.05) is 13.5 Å². The van der Waals surface area contributed by atoms with Gasteiger partial charge in [0.1, 0.15) is 5.75 Å². The summed E-state index contributed by atoms with van der Waals surface area (Å²) in [5.41, 5.74) is 1.74. The molecule has 2 aromatic carbocycles. The molecule has 2 unspecified atom stereocenters. The molecular formula is C22H29NO5. The van der Waals surface area contributed by atoms with Gasteiger partial charge >= 0.3 is 0 Å². The smallest absolute Gasteiger partial charge is 0.223 e. The van der Waals surface area contributed by atoms with Gasteiger partial charge in [0.25, 0.3) is 0 Å². The highest BCUT2D eigenvalue weighted by Gasteiger charge is 2.19. The molecule has 0 saturated heterocycles. The van der Waals surface area contributed by atoms with Gasteiger partial charge in [-0.1, -0.05) is 25.1 Å². The van der Waals surface area contributed by atoms with E-state index in [0.717, 1.165) is 11.3 Å². The van der Waals surface area contributed by atoms with Crippen LogP contribution in [0.4, 0.5) is 0 Å². The molecule has 0 fully saturated rings. The molecule has 0 aliphatic heterocycles. The molecule has 152 valence electrons. The Morgan fingerprint density at radius 3 is 2.14 bits per heavy atom. The minimum Gasteiger partial charge on any atom is -0.497 e. The lowest BCUT2D eigenvalue weighted by atomic mass is 9.97. The molecule has 2 atom stereocenters. The van der Waals surface area contributed by atoms with E-state index in [-0.39, 0.29) is 18.4 Å². The minimum absolute atomic E-state index is 0.0251. The predicted octanol–water partition coefficient (Wildman–Crippen LogP) is 3.40. The highest BCUT2D eigenvalue weighted by Crippen LogP contribution is 2.30. The van der Waals surface area contributed by atoms with E-state index in [1.807, 2.05) is 31.2 Å². The van der Waals surface area contributed by atoms with E-state index in [0.29, 0.717) is 23.5 Å². The number of nitrogens with zero attached hydrogens (tertiary/aromatic N) is 1. The fourth-order valence-corrected chi connectivity index (χ4v) is 2.99. The second-order valence-corrected chi connectivity index (χ2v) is 6.78. The zero-order valence-corrected chi connectivity index (χ0v) is 17.1. The second-order valence-electron chi connectivity index (χ2n) is 6.78. The lowest BCUT2D eigenvalue weighted by Crippen LogP contribution is -2.31. The number of methoxy groups -OCH3 is 3. The van der Waals surface area contributed by atoms with Gasteiger partial charge < -0.3 is 24.2 Å². The molecule has 0 heterocycles. The highest BCUT2D eigenvalue weighted by molar-refractivity contribution is 5.76. The van der Waals surface area contributed by atoms with Gasteiger partial charge in [-0.25, -0.2) is 0 Å². The lowest BCUT2D eigenvalue weighted by Gasteiger charge is -2.23. The van der Waals surface area contributed by atoms with Crippen LogP contribution in [0.1, 0.15) is 36.5 Å². The zero-order valence-electron chi connectivity index (χ0n) is 17.1. The van der Waals surface area contributed by atoms with E-state index < -0.39 is 6.10 Å². The van der Waals surface area contributed by atoms with Crippen LogP contribution in [0, 0.1) is 0 Å². The Bertz CT molecular complexity index is 775. The predicted molar refractivity (Wildman–Crippen MR) is 108 cm³/mol. The van der Waals surface area contributed by atoms with E-state index in [1.54, 1.807) is 51.5 Å². The number of carbonyl (C=O) groups excluding carboxylic acids is 1. The number of benzene rings is 2. The molecule has 2 rings (SSSR count). The summed E-state index contributed by atoms with van der Waals surface area (Å²) in [4.78, 5) is 14.1. The average Bonchev–Trinajstić information content (AvgIpc) is 2.72. The lowest BCUT2D eigenvalue weighted by molar-refractivity contribution is -0.131. The molecule has 1 amide bonds. The van der Waals surface area contributed by atoms with Gasteiger partial charge in [-0.15, -0.1) is 0 Å². The summed E-state index contributed by atoms with van der Waals surface area (Å²) >= 11 is 0. The Balaban J connectivity index is 1.97. The first-order valence-electron chi connectivity index (χ1n) is 9.17. The topological polar surface area (TPSA) is 68.2 Å². The summed E-state index contributed by atoms with van der Waals surface area (Å²) in [7, 11) is 6.43. The molecule has 6 nitrogen and oxygen atoms in total. The third-order valence-corrected chi connectivity index (χ3v) is 4.83. The molecular weight excluding hydrogens is 358 g/mol. The van der Waals surface area contributed by atoms with E-state index in [4.69, 9.17) is 14.2 Å². The average molecular weight is 387 g/mol. The summed E-state index contributed by atoms with van der Waals surface area (Å²) in [6, 6.07) is 12.9. The van der Waals surface area contributed by atoms with Crippen molar-refractivity contribution in [3.8, 4) is 17.2 Å². The van der Waals surface area contributed by atoms with Crippen molar-refractivity contribution < 1.29 is 24.1 Å². The van der Waals surface area contributed by atoms with Crippen molar-refractivity contribution in [2.45, 2.75) is 25.4 Å². The quantitative estimate of drug-likeness (QED) is 0.714. The van der Waals surface area contributed by atoms with E-state index in [9.17, 15) is 9.90 Å². The third kappa shape index (κ3) is 5.39. The van der Waals surface area contributed by atoms with Crippen molar-refractivity contribution in [3.05, 3.63) is 53.6 Å². The van der Waals surface area contributed by atoms with Crippen LogP contribution in [-0.4, -0.2) is 50.8 Å². The summed E-state index contributed by atoms with van der Waals surface area (Å²) in [5.74, 6) is 1.97. The van der Waals surface area contributed by atoms with Gasteiger partial charge in [0.05, 0.1) is 34.0 Å². The number of amides is 1. The SMILES string of the molecule is COc1ccc(C(C)CC(=O)N(C)CC(O)c2ccc(OC)c(OC)c2)cc1. The number of aliphatic hydroxyl groups excluding tert-OH is 1. The van der Waals surface area contributed by atoms with Gasteiger partial charge in [-0.05, 0) is 41.3 Å². The van der Waals surface area contributed by atoms with Crippen LogP contribution in [0.15, 0.2) is 42.5 Å². The normalized spacial score (nSPS) is 12.8. The number of aliphatic hydroxyl groups is 1. The first-order chi connectivity index (χ1) is 13.4. The van der Waals surface area contributed by atoms with Crippen molar-refractivity contribution in [2.24, 2.45) is 0 Å². The van der Waals surface area contributed by atoms with Crippen LogP contribution in [-0.2, 0) is 4.79 Å². The maximum absolute atomic E-state index is 12.6. The Morgan fingerprint density at radius 2 is 1.57 bits per heavy atom. The Kier molecular flexibility index (Phi) is 7.70. The molecule has 0 saturated carbocycles. The number of carbonyl (C=O) groups is 1. The number of ether oxygens (including phenoxy) is 3. The van der Waals surface area contributed by atoms with E-state index in [2.05, 4.69) is 0 Å². The van der Waals surface area contributed by atoms with Gasteiger partial charge in [0.2, 0.25) is 5.91 Å². The summed E-state index contributed by atoms with van der Waals surface area (Å²) in [6.45, 7) is 2.21. The van der Waals surface area contributed by atoms with Crippen molar-refractivity contribution >= 4 is 5.91 Å². The fraction of sp³-hybridized carbons (Fsp3) is 0.409. The fourth-order valence-electron chi connectivity index (χ4n) is 2.99. The number of rotatable bonds is 9. The van der Waals surface area contributed by atoms with Crippen LogP contribution in [0.5, 0.6) is 17.2 Å². The largest absolute Gasteiger partial charge is 0.497 e. The maximum Gasteiger partial charge on any atom is 0.223 e. The Labute approximate surface area is 166 Å². The van der Waals surface area contributed by atoms with Crippen LogP contribution < -0.4 is 14.2 Å². The van der Waals surface area contributed by atoms with Gasteiger partial charge in [-0.3, -0.25) is 4.79 Å². The van der Waals surface area contributed by atoms with Crippen LogP contribution in [0.2, 0.25) is 0 Å². The van der Waals surface area contributed by atoms with Crippen molar-refractivity contribution in [1.29, 1.82) is 0 Å². The molecule has 0 radical (unpaired) electrons. The Morgan fingerprint density at radius 1 is 0.964 bits per heavy atom. The van der Waals surface area contributed by atoms with Crippen LogP contribution >= 0.6 is 0 Å². The summed E-state index contributed by atoms with van der Waals surface area (Å²) < 4.78 is 15.6. The van der Waals surface area contributed by atoms with Crippen LogP contribution in [0.3, 0.4) is 0 Å². The van der Waals surface area contributed by atoms with Crippen LogP contribution in [0.25, 0.3) is 0 Å². The van der Waals surface area contributed by atoms with E-state index >= 15 is 0 Å². The first-order valence-corrected chi connectivity index (χ1v) is 9.17. The monoisotopic (exact) mass is 387 g/mol. The molecule has 0 spiro atoms. The maximum atomic E-state index is 12.6. The standard InChI is InChI=1S/C22H29NO5/c1-15(16-6-9-18(26-3)10-7-16)12-22(25)23(2)14-19(24)17-8-11-20(27-4)21(13-17)28-5/h6-11,13,15,19,24H,12,14H2,1-5H3. The molecule has 2 aromatic rings. The molecule has 0 aliphatic carbocycles. The molecule has 0 aliphatic rings. The zero-order chi connectivity index (χ0) is 20.7. The number of likely N-dealkylation sites (N-methyl/N-ethyl adjacent to an activating group) is 1. The first kappa shape index (κ1) is 21.6. The molecule has 0 aromatic heterocycles. The summed E-state index contributed by atoms with van der Waals surface area (Å²) in [5, 5.41) is 10.5. The second kappa shape index (κ2) is 9.99.